The van der Waals surface area contributed by atoms with Crippen LogP contribution in [-0.2, 0) is 4.74 Å². The Morgan fingerprint density at radius 3 is 2.57 bits per heavy atom. The molecule has 0 heterocycles. The van der Waals surface area contributed by atoms with Crippen LogP contribution in [0.1, 0.15) is 43.5 Å². The molecule has 4 heteroatoms. The van der Waals surface area contributed by atoms with Crippen LogP contribution in [0.15, 0.2) is 24.3 Å². The lowest BCUT2D eigenvalue weighted by atomic mass is 9.80. The van der Waals surface area contributed by atoms with Crippen molar-refractivity contribution >= 4 is 11.7 Å². The Kier molecular flexibility index (Phi) is 5.62. The summed E-state index contributed by atoms with van der Waals surface area (Å²) >= 11 is 0. The first-order chi connectivity index (χ1) is 10.1. The van der Waals surface area contributed by atoms with Crippen molar-refractivity contribution in [3.05, 3.63) is 29.8 Å². The molecule has 0 radical (unpaired) electrons. The molecule has 4 nitrogen and oxygen atoms in total. The summed E-state index contributed by atoms with van der Waals surface area (Å²) in [7, 11) is 0. The summed E-state index contributed by atoms with van der Waals surface area (Å²) < 4.78 is 5.62. The summed E-state index contributed by atoms with van der Waals surface area (Å²) in [6, 6.07) is 7.18. The zero-order valence-electron chi connectivity index (χ0n) is 12.8. The first-order valence-corrected chi connectivity index (χ1v) is 7.76. The molecule has 1 fully saturated rings. The summed E-state index contributed by atoms with van der Waals surface area (Å²) in [5.74, 6) is 1.09. The highest BCUT2D eigenvalue weighted by molar-refractivity contribution is 5.89. The SMILES string of the molecule is CC1CCC(OC(=O)c2ccc(NCCO)cc2)CC1C. The Morgan fingerprint density at radius 2 is 1.95 bits per heavy atom. The molecule has 0 amide bonds. The number of carbonyl (C=O) groups is 1. The van der Waals surface area contributed by atoms with E-state index in [1.165, 1.54) is 0 Å². The number of hydrogen-bond acceptors (Lipinski definition) is 4. The van der Waals surface area contributed by atoms with Gasteiger partial charge in [-0.25, -0.2) is 4.79 Å². The number of hydrogen-bond donors (Lipinski definition) is 2. The van der Waals surface area contributed by atoms with Gasteiger partial charge in [0, 0.05) is 12.2 Å². The van der Waals surface area contributed by atoms with E-state index >= 15 is 0 Å². The summed E-state index contributed by atoms with van der Waals surface area (Å²) in [5.41, 5.74) is 1.47. The maximum absolute atomic E-state index is 12.1. The molecule has 1 aliphatic rings. The fourth-order valence-corrected chi connectivity index (χ4v) is 2.75. The molecule has 1 saturated carbocycles. The van der Waals surface area contributed by atoms with Gasteiger partial charge in [-0.05, 0) is 55.4 Å². The Bertz CT molecular complexity index is 458. The van der Waals surface area contributed by atoms with Gasteiger partial charge in [0.1, 0.15) is 6.10 Å². The van der Waals surface area contributed by atoms with E-state index in [4.69, 9.17) is 9.84 Å². The van der Waals surface area contributed by atoms with E-state index in [1.807, 2.05) is 12.1 Å². The first kappa shape index (κ1) is 15.8. The Balaban J connectivity index is 1.88. The van der Waals surface area contributed by atoms with E-state index in [0.29, 0.717) is 18.0 Å². The van der Waals surface area contributed by atoms with Gasteiger partial charge in [-0.15, -0.1) is 0 Å². The van der Waals surface area contributed by atoms with Gasteiger partial charge in [0.25, 0.3) is 0 Å². The number of ether oxygens (including phenoxy) is 1. The highest BCUT2D eigenvalue weighted by atomic mass is 16.5. The van der Waals surface area contributed by atoms with Crippen molar-refractivity contribution in [1.82, 2.24) is 0 Å². The van der Waals surface area contributed by atoms with Crippen LogP contribution < -0.4 is 5.32 Å². The lowest BCUT2D eigenvalue weighted by molar-refractivity contribution is 0.00879. The van der Waals surface area contributed by atoms with Crippen molar-refractivity contribution in [2.75, 3.05) is 18.5 Å². The van der Waals surface area contributed by atoms with Crippen LogP contribution in [0.3, 0.4) is 0 Å². The number of benzene rings is 1. The van der Waals surface area contributed by atoms with Gasteiger partial charge in [-0.3, -0.25) is 0 Å². The average Bonchev–Trinajstić information content (AvgIpc) is 2.49. The predicted molar refractivity (Wildman–Crippen MR) is 83.4 cm³/mol. The third-order valence-electron chi connectivity index (χ3n) is 4.39. The van der Waals surface area contributed by atoms with Gasteiger partial charge in [0.15, 0.2) is 0 Å². The van der Waals surface area contributed by atoms with Crippen LogP contribution >= 0.6 is 0 Å². The number of aliphatic hydroxyl groups is 1. The molecule has 2 rings (SSSR count). The van der Waals surface area contributed by atoms with E-state index < -0.39 is 0 Å². The molecule has 116 valence electrons. The van der Waals surface area contributed by atoms with E-state index in [9.17, 15) is 4.79 Å². The second kappa shape index (κ2) is 7.46. The molecule has 0 spiro atoms. The lowest BCUT2D eigenvalue weighted by Crippen LogP contribution is -2.28. The van der Waals surface area contributed by atoms with Crippen LogP contribution in [0.2, 0.25) is 0 Å². The second-order valence-electron chi connectivity index (χ2n) is 6.02. The lowest BCUT2D eigenvalue weighted by Gasteiger charge is -2.31. The van der Waals surface area contributed by atoms with E-state index in [0.717, 1.165) is 30.9 Å². The molecule has 0 aliphatic heterocycles. The molecule has 1 aromatic rings. The van der Waals surface area contributed by atoms with Gasteiger partial charge < -0.3 is 15.2 Å². The average molecular weight is 291 g/mol. The minimum atomic E-state index is -0.240. The molecule has 2 N–H and O–H groups in total. The van der Waals surface area contributed by atoms with Gasteiger partial charge in [0.05, 0.1) is 12.2 Å². The molecule has 3 unspecified atom stereocenters. The quantitative estimate of drug-likeness (QED) is 0.819. The highest BCUT2D eigenvalue weighted by Crippen LogP contribution is 2.31. The second-order valence-corrected chi connectivity index (χ2v) is 6.02. The number of esters is 1. The number of nitrogens with one attached hydrogen (secondary N) is 1. The van der Waals surface area contributed by atoms with Crippen molar-refractivity contribution in [2.45, 2.75) is 39.2 Å². The zero-order chi connectivity index (χ0) is 15.2. The molecule has 3 atom stereocenters. The number of aliphatic hydroxyl groups excluding tert-OH is 1. The Hall–Kier alpha value is -1.55. The van der Waals surface area contributed by atoms with Crippen LogP contribution in [0.5, 0.6) is 0 Å². The number of carbonyl (C=O) groups excluding carboxylic acids is 1. The molecule has 0 saturated heterocycles. The van der Waals surface area contributed by atoms with Crippen LogP contribution in [0.4, 0.5) is 5.69 Å². The third kappa shape index (κ3) is 4.46. The Morgan fingerprint density at radius 1 is 1.24 bits per heavy atom. The van der Waals surface area contributed by atoms with Gasteiger partial charge in [0.2, 0.25) is 0 Å². The largest absolute Gasteiger partial charge is 0.459 e. The van der Waals surface area contributed by atoms with Crippen molar-refractivity contribution < 1.29 is 14.6 Å². The minimum Gasteiger partial charge on any atom is -0.459 e. The summed E-state index contributed by atoms with van der Waals surface area (Å²) in [4.78, 5) is 12.1. The summed E-state index contributed by atoms with van der Waals surface area (Å²) in [6.07, 6.45) is 3.11. The van der Waals surface area contributed by atoms with Crippen molar-refractivity contribution in [1.29, 1.82) is 0 Å². The monoisotopic (exact) mass is 291 g/mol. The smallest absolute Gasteiger partial charge is 0.338 e. The van der Waals surface area contributed by atoms with E-state index in [-0.39, 0.29) is 18.7 Å². The van der Waals surface area contributed by atoms with E-state index in [2.05, 4.69) is 19.2 Å². The zero-order valence-corrected chi connectivity index (χ0v) is 12.8. The van der Waals surface area contributed by atoms with Crippen LogP contribution in [0.25, 0.3) is 0 Å². The minimum absolute atomic E-state index is 0.0518. The highest BCUT2D eigenvalue weighted by Gasteiger charge is 2.27. The molecular formula is C17H25NO3. The maximum Gasteiger partial charge on any atom is 0.338 e. The summed E-state index contributed by atoms with van der Waals surface area (Å²) in [6.45, 7) is 5.08. The predicted octanol–water partition coefficient (Wildman–Crippen LogP) is 3.07. The number of rotatable bonds is 5. The fourth-order valence-electron chi connectivity index (χ4n) is 2.75. The topological polar surface area (TPSA) is 58.6 Å². The maximum atomic E-state index is 12.1. The van der Waals surface area contributed by atoms with Crippen LogP contribution in [-0.4, -0.2) is 30.3 Å². The standard InChI is InChI=1S/C17H25NO3/c1-12-3-8-16(11-13(12)2)21-17(20)14-4-6-15(7-5-14)18-9-10-19/h4-7,12-13,16,18-19H,3,8-11H2,1-2H3. The van der Waals surface area contributed by atoms with Crippen molar-refractivity contribution in [2.24, 2.45) is 11.8 Å². The van der Waals surface area contributed by atoms with E-state index in [1.54, 1.807) is 12.1 Å². The van der Waals surface area contributed by atoms with Crippen LogP contribution in [0, 0.1) is 11.8 Å². The molecule has 21 heavy (non-hydrogen) atoms. The third-order valence-corrected chi connectivity index (χ3v) is 4.39. The number of anilines is 1. The molecule has 0 bridgehead atoms. The van der Waals surface area contributed by atoms with Gasteiger partial charge >= 0.3 is 5.97 Å². The van der Waals surface area contributed by atoms with Gasteiger partial charge in [-0.1, -0.05) is 13.8 Å². The normalized spacial score (nSPS) is 25.4. The first-order valence-electron chi connectivity index (χ1n) is 7.76. The molecule has 0 aromatic heterocycles. The van der Waals surface area contributed by atoms with Crippen molar-refractivity contribution in [3.8, 4) is 0 Å². The fraction of sp³-hybridized carbons (Fsp3) is 0.588. The van der Waals surface area contributed by atoms with Crippen molar-refractivity contribution in [3.63, 3.8) is 0 Å². The van der Waals surface area contributed by atoms with Gasteiger partial charge in [-0.2, -0.15) is 0 Å². The molecular weight excluding hydrogens is 266 g/mol. The molecule has 1 aromatic carbocycles. The Labute approximate surface area is 126 Å². The molecule has 1 aliphatic carbocycles. The summed E-state index contributed by atoms with van der Waals surface area (Å²) in [5, 5.41) is 11.8.